The minimum absolute atomic E-state index is 0.0927. The molecule has 1 aliphatic heterocycles. The van der Waals surface area contributed by atoms with E-state index in [2.05, 4.69) is 0 Å². The number of aliphatic hydroxyl groups is 1. The monoisotopic (exact) mass is 219 g/mol. The summed E-state index contributed by atoms with van der Waals surface area (Å²) in [5.74, 6) is 0.0927. The first kappa shape index (κ1) is 11.0. The first-order valence-electron chi connectivity index (χ1n) is 5.49. The third kappa shape index (κ3) is 2.02. The number of rotatable bonds is 1. The maximum Gasteiger partial charge on any atom is 0.188 e. The molecule has 0 atom stereocenters. The minimum Gasteiger partial charge on any atom is -0.385 e. The Hall–Kier alpha value is -1.55. The zero-order chi connectivity index (χ0) is 11.6. The Morgan fingerprint density at radius 1 is 1.25 bits per heavy atom. The normalized spacial score (nSPS) is 19.4. The van der Waals surface area contributed by atoms with Gasteiger partial charge in [0.1, 0.15) is 0 Å². The number of nitrogens with two attached hydrogens (primary N) is 1. The van der Waals surface area contributed by atoms with Gasteiger partial charge in [-0.1, -0.05) is 30.3 Å². The van der Waals surface area contributed by atoms with Crippen molar-refractivity contribution >= 4 is 5.96 Å². The first-order valence-corrected chi connectivity index (χ1v) is 5.49. The van der Waals surface area contributed by atoms with Crippen LogP contribution in [0.3, 0.4) is 0 Å². The van der Waals surface area contributed by atoms with Crippen LogP contribution in [-0.4, -0.2) is 29.1 Å². The SMILES string of the molecule is N=C(N)N1CCC(O)(c2ccccc2)CC1. The van der Waals surface area contributed by atoms with Crippen LogP contribution in [0.4, 0.5) is 0 Å². The van der Waals surface area contributed by atoms with Crippen molar-refractivity contribution in [2.24, 2.45) is 5.73 Å². The van der Waals surface area contributed by atoms with Crippen LogP contribution in [0.15, 0.2) is 30.3 Å². The van der Waals surface area contributed by atoms with E-state index < -0.39 is 5.60 Å². The maximum atomic E-state index is 10.5. The summed E-state index contributed by atoms with van der Waals surface area (Å²) >= 11 is 0. The topological polar surface area (TPSA) is 73.3 Å². The molecule has 0 bridgehead atoms. The van der Waals surface area contributed by atoms with Gasteiger partial charge in [0.2, 0.25) is 0 Å². The summed E-state index contributed by atoms with van der Waals surface area (Å²) in [5, 5.41) is 17.8. The lowest BCUT2D eigenvalue weighted by atomic mass is 9.84. The fraction of sp³-hybridized carbons (Fsp3) is 0.417. The van der Waals surface area contributed by atoms with Crippen LogP contribution < -0.4 is 5.73 Å². The van der Waals surface area contributed by atoms with Crippen LogP contribution in [0.5, 0.6) is 0 Å². The van der Waals surface area contributed by atoms with E-state index in [9.17, 15) is 5.11 Å². The Bertz CT molecular complexity index is 369. The van der Waals surface area contributed by atoms with Gasteiger partial charge in [0.25, 0.3) is 0 Å². The molecule has 86 valence electrons. The van der Waals surface area contributed by atoms with Crippen molar-refractivity contribution in [1.29, 1.82) is 5.41 Å². The van der Waals surface area contributed by atoms with Gasteiger partial charge < -0.3 is 15.7 Å². The van der Waals surface area contributed by atoms with Gasteiger partial charge in [-0.2, -0.15) is 0 Å². The van der Waals surface area contributed by atoms with Crippen molar-refractivity contribution in [1.82, 2.24) is 4.90 Å². The Morgan fingerprint density at radius 3 is 2.31 bits per heavy atom. The number of hydrogen-bond donors (Lipinski definition) is 3. The molecular formula is C12H17N3O. The van der Waals surface area contributed by atoms with E-state index >= 15 is 0 Å². The molecule has 0 saturated carbocycles. The average molecular weight is 219 g/mol. The number of benzene rings is 1. The van der Waals surface area contributed by atoms with Gasteiger partial charge in [-0.25, -0.2) is 0 Å². The molecule has 1 aliphatic rings. The van der Waals surface area contributed by atoms with Gasteiger partial charge in [0, 0.05) is 13.1 Å². The number of guanidine groups is 1. The van der Waals surface area contributed by atoms with Gasteiger partial charge in [0.05, 0.1) is 5.60 Å². The molecule has 1 saturated heterocycles. The number of likely N-dealkylation sites (tertiary alicyclic amines) is 1. The van der Waals surface area contributed by atoms with Crippen LogP contribution in [0.1, 0.15) is 18.4 Å². The molecule has 0 radical (unpaired) electrons. The highest BCUT2D eigenvalue weighted by Crippen LogP contribution is 2.32. The fourth-order valence-electron chi connectivity index (χ4n) is 2.15. The number of piperidine rings is 1. The summed E-state index contributed by atoms with van der Waals surface area (Å²) in [6.45, 7) is 1.28. The average Bonchev–Trinajstić information content (AvgIpc) is 2.31. The standard InChI is InChI=1S/C12H17N3O/c13-11(14)15-8-6-12(16,7-9-15)10-4-2-1-3-5-10/h1-5,16H,6-9H2,(H3,13,14). The van der Waals surface area contributed by atoms with Crippen LogP contribution in [0.25, 0.3) is 0 Å². The molecule has 0 spiro atoms. The summed E-state index contributed by atoms with van der Waals surface area (Å²) in [4.78, 5) is 1.79. The van der Waals surface area contributed by atoms with E-state index in [1.54, 1.807) is 4.90 Å². The Balaban J connectivity index is 2.10. The molecule has 16 heavy (non-hydrogen) atoms. The third-order valence-corrected chi connectivity index (χ3v) is 3.24. The molecule has 1 heterocycles. The van der Waals surface area contributed by atoms with Crippen LogP contribution in [0, 0.1) is 5.41 Å². The highest BCUT2D eigenvalue weighted by atomic mass is 16.3. The number of nitrogens with zero attached hydrogens (tertiary/aromatic N) is 1. The molecule has 2 rings (SSSR count). The molecule has 1 aromatic carbocycles. The Kier molecular flexibility index (Phi) is 2.83. The van der Waals surface area contributed by atoms with E-state index in [0.29, 0.717) is 25.9 Å². The van der Waals surface area contributed by atoms with Crippen LogP contribution in [-0.2, 0) is 5.60 Å². The lowest BCUT2D eigenvalue weighted by molar-refractivity contribution is -0.0124. The highest BCUT2D eigenvalue weighted by Gasteiger charge is 2.33. The highest BCUT2D eigenvalue weighted by molar-refractivity contribution is 5.74. The van der Waals surface area contributed by atoms with Crippen molar-refractivity contribution < 1.29 is 5.11 Å². The van der Waals surface area contributed by atoms with Crippen LogP contribution in [0.2, 0.25) is 0 Å². The second-order valence-corrected chi connectivity index (χ2v) is 4.27. The number of nitrogens with one attached hydrogen (secondary N) is 1. The first-order chi connectivity index (χ1) is 7.62. The molecule has 0 aromatic heterocycles. The van der Waals surface area contributed by atoms with Crippen molar-refractivity contribution in [2.75, 3.05) is 13.1 Å². The zero-order valence-electron chi connectivity index (χ0n) is 9.19. The summed E-state index contributed by atoms with van der Waals surface area (Å²) in [6, 6.07) is 9.71. The van der Waals surface area contributed by atoms with Crippen molar-refractivity contribution in [3.8, 4) is 0 Å². The Labute approximate surface area is 95.2 Å². The van der Waals surface area contributed by atoms with Gasteiger partial charge in [0.15, 0.2) is 5.96 Å². The van der Waals surface area contributed by atoms with Crippen molar-refractivity contribution in [2.45, 2.75) is 18.4 Å². The van der Waals surface area contributed by atoms with E-state index in [1.807, 2.05) is 30.3 Å². The summed E-state index contributed by atoms with van der Waals surface area (Å²) < 4.78 is 0. The van der Waals surface area contributed by atoms with Crippen molar-refractivity contribution in [3.63, 3.8) is 0 Å². The summed E-state index contributed by atoms with van der Waals surface area (Å²) in [5.41, 5.74) is 5.62. The maximum absolute atomic E-state index is 10.5. The van der Waals surface area contributed by atoms with Crippen LogP contribution >= 0.6 is 0 Å². The van der Waals surface area contributed by atoms with E-state index in [4.69, 9.17) is 11.1 Å². The second kappa shape index (κ2) is 4.14. The van der Waals surface area contributed by atoms with E-state index in [0.717, 1.165) is 5.56 Å². The lowest BCUT2D eigenvalue weighted by Crippen LogP contribution is -2.47. The molecular weight excluding hydrogens is 202 g/mol. The molecule has 0 unspecified atom stereocenters. The van der Waals surface area contributed by atoms with Gasteiger partial charge in [-0.3, -0.25) is 5.41 Å². The molecule has 0 amide bonds. The summed E-state index contributed by atoms with van der Waals surface area (Å²) in [6.07, 6.45) is 1.24. The predicted molar refractivity (Wildman–Crippen MR) is 63.1 cm³/mol. The van der Waals surface area contributed by atoms with E-state index in [1.165, 1.54) is 0 Å². The van der Waals surface area contributed by atoms with Gasteiger partial charge >= 0.3 is 0 Å². The van der Waals surface area contributed by atoms with Gasteiger partial charge in [-0.15, -0.1) is 0 Å². The van der Waals surface area contributed by atoms with Crippen molar-refractivity contribution in [3.05, 3.63) is 35.9 Å². The fourth-order valence-corrected chi connectivity index (χ4v) is 2.15. The molecule has 4 heteroatoms. The molecule has 4 N–H and O–H groups in total. The third-order valence-electron chi connectivity index (χ3n) is 3.24. The lowest BCUT2D eigenvalue weighted by Gasteiger charge is -2.38. The quantitative estimate of drug-likeness (QED) is 0.484. The molecule has 1 fully saturated rings. The van der Waals surface area contributed by atoms with Gasteiger partial charge in [-0.05, 0) is 18.4 Å². The minimum atomic E-state index is -0.757. The largest absolute Gasteiger partial charge is 0.385 e. The summed E-state index contributed by atoms with van der Waals surface area (Å²) in [7, 11) is 0. The molecule has 1 aromatic rings. The second-order valence-electron chi connectivity index (χ2n) is 4.27. The zero-order valence-corrected chi connectivity index (χ0v) is 9.19. The molecule has 4 nitrogen and oxygen atoms in total. The van der Waals surface area contributed by atoms with E-state index in [-0.39, 0.29) is 5.96 Å². The smallest absolute Gasteiger partial charge is 0.188 e. The Morgan fingerprint density at radius 2 is 1.81 bits per heavy atom. The molecule has 0 aliphatic carbocycles. The number of hydrogen-bond acceptors (Lipinski definition) is 2. The predicted octanol–water partition coefficient (Wildman–Crippen LogP) is 0.863.